The maximum Gasteiger partial charge on any atom is 0.251 e. The third-order valence-corrected chi connectivity index (χ3v) is 5.22. The number of nitrogens with one attached hydrogen (secondary N) is 1. The Labute approximate surface area is 134 Å². The Morgan fingerprint density at radius 1 is 1.32 bits per heavy atom. The van der Waals surface area contributed by atoms with Crippen molar-refractivity contribution < 1.29 is 4.79 Å². The summed E-state index contributed by atoms with van der Waals surface area (Å²) in [6, 6.07) is 11.1. The molecule has 1 amide bonds. The number of carbonyl (C=O) groups is 1. The molecule has 0 radical (unpaired) electrons. The Hall–Kier alpha value is -2.12. The number of nitrogens with zero attached hydrogens (tertiary/aromatic N) is 1. The molecule has 4 heteroatoms. The lowest BCUT2D eigenvalue weighted by molar-refractivity contribution is 0.0943. The van der Waals surface area contributed by atoms with E-state index in [1.807, 2.05) is 0 Å². The van der Waals surface area contributed by atoms with E-state index in [0.717, 1.165) is 12.8 Å². The lowest BCUT2D eigenvalue weighted by Gasteiger charge is -2.28. The molecule has 0 atom stereocenters. The zero-order valence-corrected chi connectivity index (χ0v) is 13.2. The van der Waals surface area contributed by atoms with E-state index in [1.165, 1.54) is 18.4 Å². The van der Waals surface area contributed by atoms with Crippen LogP contribution in [-0.2, 0) is 5.41 Å². The van der Waals surface area contributed by atoms with Crippen LogP contribution in [0.4, 0.5) is 0 Å². The average Bonchev–Trinajstić information content (AvgIpc) is 3.24. The summed E-state index contributed by atoms with van der Waals surface area (Å²) >= 11 is 1.71. The van der Waals surface area contributed by atoms with Crippen LogP contribution in [-0.4, -0.2) is 12.5 Å². The van der Waals surface area contributed by atoms with Gasteiger partial charge in [0.15, 0.2) is 0 Å². The van der Waals surface area contributed by atoms with Crippen LogP contribution in [0, 0.1) is 11.3 Å². The Balaban J connectivity index is 1.73. The van der Waals surface area contributed by atoms with Crippen molar-refractivity contribution in [2.24, 2.45) is 0 Å². The first-order valence-electron chi connectivity index (χ1n) is 7.55. The molecule has 1 N–H and O–H groups in total. The smallest absolute Gasteiger partial charge is 0.251 e. The van der Waals surface area contributed by atoms with Gasteiger partial charge in [0.2, 0.25) is 0 Å². The highest BCUT2D eigenvalue weighted by molar-refractivity contribution is 7.08. The van der Waals surface area contributed by atoms with Gasteiger partial charge in [0.25, 0.3) is 5.91 Å². The topological polar surface area (TPSA) is 52.9 Å². The van der Waals surface area contributed by atoms with Crippen LogP contribution in [0.5, 0.6) is 0 Å². The molecule has 1 aliphatic carbocycles. The Bertz CT molecular complexity index is 694. The van der Waals surface area contributed by atoms with Gasteiger partial charge in [-0.05, 0) is 53.4 Å². The second kappa shape index (κ2) is 6.33. The monoisotopic (exact) mass is 310 g/mol. The predicted octanol–water partition coefficient (Wildman–Crippen LogP) is 3.86. The van der Waals surface area contributed by atoms with Crippen LogP contribution in [0.1, 0.15) is 47.2 Å². The molecule has 1 heterocycles. The minimum atomic E-state index is -0.0985. The van der Waals surface area contributed by atoms with Crippen molar-refractivity contribution in [2.75, 3.05) is 6.54 Å². The number of thiophene rings is 1. The molecule has 1 fully saturated rings. The van der Waals surface area contributed by atoms with E-state index in [1.54, 1.807) is 35.6 Å². The van der Waals surface area contributed by atoms with Gasteiger partial charge < -0.3 is 5.32 Å². The summed E-state index contributed by atoms with van der Waals surface area (Å²) in [5.41, 5.74) is 2.50. The van der Waals surface area contributed by atoms with Gasteiger partial charge in [-0.15, -0.1) is 0 Å². The van der Waals surface area contributed by atoms with E-state index in [-0.39, 0.29) is 11.3 Å². The molecule has 1 aromatic carbocycles. The SMILES string of the molecule is N#Cc1cccc(C(=O)NCC2(c3ccsc3)CCCC2)c1. The summed E-state index contributed by atoms with van der Waals surface area (Å²) in [4.78, 5) is 12.4. The van der Waals surface area contributed by atoms with Gasteiger partial charge in [-0.2, -0.15) is 16.6 Å². The standard InChI is InChI=1S/C18H18N2OS/c19-11-14-4-3-5-15(10-14)17(21)20-13-18(7-1-2-8-18)16-6-9-22-12-16/h3-6,9-10,12H,1-2,7-8,13H2,(H,20,21). The number of amides is 1. The first kappa shape index (κ1) is 14.8. The van der Waals surface area contributed by atoms with E-state index in [2.05, 4.69) is 28.2 Å². The fraction of sp³-hybridized carbons (Fsp3) is 0.333. The molecule has 3 rings (SSSR count). The summed E-state index contributed by atoms with van der Waals surface area (Å²) in [7, 11) is 0. The Kier molecular flexibility index (Phi) is 4.26. The van der Waals surface area contributed by atoms with E-state index in [9.17, 15) is 4.79 Å². The Morgan fingerprint density at radius 3 is 2.82 bits per heavy atom. The molecule has 1 saturated carbocycles. The molecule has 112 valence electrons. The van der Waals surface area contributed by atoms with E-state index in [4.69, 9.17) is 5.26 Å². The zero-order chi connectivity index (χ0) is 15.4. The number of rotatable bonds is 4. The van der Waals surface area contributed by atoms with E-state index < -0.39 is 0 Å². The quantitative estimate of drug-likeness (QED) is 0.932. The maximum absolute atomic E-state index is 12.4. The highest BCUT2D eigenvalue weighted by atomic mass is 32.1. The molecule has 3 nitrogen and oxygen atoms in total. The lowest BCUT2D eigenvalue weighted by Crippen LogP contribution is -2.38. The highest BCUT2D eigenvalue weighted by Crippen LogP contribution is 2.41. The van der Waals surface area contributed by atoms with Gasteiger partial charge in [-0.25, -0.2) is 0 Å². The Morgan fingerprint density at radius 2 is 2.14 bits per heavy atom. The summed E-state index contributed by atoms with van der Waals surface area (Å²) in [5, 5.41) is 16.3. The van der Waals surface area contributed by atoms with Crippen molar-refractivity contribution in [3.63, 3.8) is 0 Å². The molecule has 0 bridgehead atoms. The van der Waals surface area contributed by atoms with Gasteiger partial charge in [0.05, 0.1) is 11.6 Å². The van der Waals surface area contributed by atoms with Crippen molar-refractivity contribution in [2.45, 2.75) is 31.1 Å². The number of carbonyl (C=O) groups excluding carboxylic acids is 1. The number of hydrogen-bond acceptors (Lipinski definition) is 3. The highest BCUT2D eigenvalue weighted by Gasteiger charge is 2.36. The van der Waals surface area contributed by atoms with Crippen molar-refractivity contribution in [3.05, 3.63) is 57.8 Å². The van der Waals surface area contributed by atoms with Crippen LogP contribution >= 0.6 is 11.3 Å². The number of benzene rings is 1. The van der Waals surface area contributed by atoms with Gasteiger partial charge in [0.1, 0.15) is 0 Å². The van der Waals surface area contributed by atoms with Gasteiger partial charge in [-0.1, -0.05) is 18.9 Å². The molecule has 2 aromatic rings. The third kappa shape index (κ3) is 2.90. The molecule has 1 aromatic heterocycles. The van der Waals surface area contributed by atoms with Crippen LogP contribution in [0.3, 0.4) is 0 Å². The van der Waals surface area contributed by atoms with Crippen molar-refractivity contribution in [1.29, 1.82) is 5.26 Å². The van der Waals surface area contributed by atoms with Gasteiger partial charge in [-0.3, -0.25) is 4.79 Å². The molecule has 0 unspecified atom stereocenters. The molecule has 1 aliphatic rings. The van der Waals surface area contributed by atoms with E-state index in [0.29, 0.717) is 17.7 Å². The fourth-order valence-corrected chi connectivity index (χ4v) is 4.05. The second-order valence-corrected chi connectivity index (χ2v) is 6.65. The number of hydrogen-bond donors (Lipinski definition) is 1. The van der Waals surface area contributed by atoms with Crippen molar-refractivity contribution in [1.82, 2.24) is 5.32 Å². The molecule has 0 saturated heterocycles. The van der Waals surface area contributed by atoms with Crippen LogP contribution < -0.4 is 5.32 Å². The first-order chi connectivity index (χ1) is 10.7. The third-order valence-electron chi connectivity index (χ3n) is 4.54. The van der Waals surface area contributed by atoms with Crippen molar-refractivity contribution in [3.8, 4) is 6.07 Å². The molecular formula is C18H18N2OS. The lowest BCUT2D eigenvalue weighted by atomic mass is 9.80. The van der Waals surface area contributed by atoms with Gasteiger partial charge >= 0.3 is 0 Å². The summed E-state index contributed by atoms with van der Waals surface area (Å²) in [6.45, 7) is 0.666. The molecule has 22 heavy (non-hydrogen) atoms. The average molecular weight is 310 g/mol. The van der Waals surface area contributed by atoms with Crippen LogP contribution in [0.15, 0.2) is 41.1 Å². The van der Waals surface area contributed by atoms with Crippen LogP contribution in [0.2, 0.25) is 0 Å². The normalized spacial score (nSPS) is 16.1. The van der Waals surface area contributed by atoms with E-state index >= 15 is 0 Å². The van der Waals surface area contributed by atoms with Crippen molar-refractivity contribution >= 4 is 17.2 Å². The molecule has 0 aliphatic heterocycles. The van der Waals surface area contributed by atoms with Crippen LogP contribution in [0.25, 0.3) is 0 Å². The fourth-order valence-electron chi connectivity index (χ4n) is 3.27. The minimum absolute atomic E-state index is 0.0858. The largest absolute Gasteiger partial charge is 0.351 e. The molecular weight excluding hydrogens is 292 g/mol. The minimum Gasteiger partial charge on any atom is -0.351 e. The second-order valence-electron chi connectivity index (χ2n) is 5.87. The molecule has 0 spiro atoms. The zero-order valence-electron chi connectivity index (χ0n) is 12.3. The maximum atomic E-state index is 12.4. The first-order valence-corrected chi connectivity index (χ1v) is 8.49. The predicted molar refractivity (Wildman–Crippen MR) is 88.0 cm³/mol. The summed E-state index contributed by atoms with van der Waals surface area (Å²) in [5.74, 6) is -0.0985. The summed E-state index contributed by atoms with van der Waals surface area (Å²) in [6.07, 6.45) is 4.69. The summed E-state index contributed by atoms with van der Waals surface area (Å²) < 4.78 is 0. The number of nitriles is 1. The van der Waals surface area contributed by atoms with Gasteiger partial charge in [0, 0.05) is 17.5 Å².